The van der Waals surface area contributed by atoms with Gasteiger partial charge in [0.25, 0.3) is 0 Å². The smallest absolute Gasteiger partial charge is 0.247 e. The third-order valence-corrected chi connectivity index (χ3v) is 8.55. The standard InChI is InChI=1S/C31H35ClN2O7/c1-40-25-13-20(17-36)12-22-27-23(31(39)33-10-11-35)15-24(28(38)30(27)41-29(22)25)34(16-19-6-8-21(32)9-7-19)26(37)14-18-4-2-3-5-18/h6-9,12-13,15,17-18,24,27-28,30,35,38H,2-5,10-11,14,16H2,1H3,(H,33,39)/t24-,27+,28+,30+/m1/s1. The number of nitrogens with one attached hydrogen (secondary N) is 1. The number of rotatable bonds is 10. The molecule has 0 spiro atoms. The Hall–Kier alpha value is -3.40. The van der Waals surface area contributed by atoms with Crippen LogP contribution in [0.2, 0.25) is 5.02 Å². The summed E-state index contributed by atoms with van der Waals surface area (Å²) in [4.78, 5) is 40.7. The van der Waals surface area contributed by atoms with Crippen molar-refractivity contribution in [2.75, 3.05) is 20.3 Å². The van der Waals surface area contributed by atoms with Gasteiger partial charge in [0, 0.05) is 41.2 Å². The molecule has 3 aliphatic rings. The number of fused-ring (bicyclic) bond motifs is 3. The number of aliphatic hydroxyl groups is 2. The van der Waals surface area contributed by atoms with Gasteiger partial charge in [-0.25, -0.2) is 0 Å². The predicted molar refractivity (Wildman–Crippen MR) is 152 cm³/mol. The number of ether oxygens (including phenoxy) is 2. The van der Waals surface area contributed by atoms with Crippen LogP contribution >= 0.6 is 11.6 Å². The van der Waals surface area contributed by atoms with Crippen LogP contribution in [0.3, 0.4) is 0 Å². The first-order chi connectivity index (χ1) is 19.8. The van der Waals surface area contributed by atoms with E-state index >= 15 is 0 Å². The van der Waals surface area contributed by atoms with Gasteiger partial charge in [0.15, 0.2) is 11.5 Å². The van der Waals surface area contributed by atoms with E-state index in [1.807, 2.05) is 12.1 Å². The summed E-state index contributed by atoms with van der Waals surface area (Å²) < 4.78 is 11.8. The number of methoxy groups -OCH3 is 1. The van der Waals surface area contributed by atoms with Crippen LogP contribution in [-0.4, -0.2) is 71.7 Å². The Labute approximate surface area is 244 Å². The van der Waals surface area contributed by atoms with Gasteiger partial charge >= 0.3 is 0 Å². The normalized spacial score (nSPS) is 23.2. The lowest BCUT2D eigenvalue weighted by atomic mass is 9.77. The van der Waals surface area contributed by atoms with Gasteiger partial charge in [-0.05, 0) is 54.7 Å². The van der Waals surface area contributed by atoms with Gasteiger partial charge in [0.2, 0.25) is 11.8 Å². The number of halogens is 1. The topological polar surface area (TPSA) is 125 Å². The van der Waals surface area contributed by atoms with Gasteiger partial charge in [-0.3, -0.25) is 14.4 Å². The summed E-state index contributed by atoms with van der Waals surface area (Å²) in [6.45, 7) is -0.0192. The second kappa shape index (κ2) is 12.6. The van der Waals surface area contributed by atoms with Crippen LogP contribution in [0, 0.1) is 5.92 Å². The average molecular weight is 583 g/mol. The lowest BCUT2D eigenvalue weighted by molar-refractivity contribution is -0.139. The quantitative estimate of drug-likeness (QED) is 0.367. The van der Waals surface area contributed by atoms with Crippen molar-refractivity contribution < 1.29 is 34.1 Å². The van der Waals surface area contributed by atoms with Crippen LogP contribution in [0.1, 0.15) is 59.5 Å². The van der Waals surface area contributed by atoms with E-state index in [0.29, 0.717) is 40.4 Å². The molecule has 0 saturated heterocycles. The predicted octanol–water partition coefficient (Wildman–Crippen LogP) is 3.39. The average Bonchev–Trinajstić information content (AvgIpc) is 3.64. The number of aldehydes is 1. The van der Waals surface area contributed by atoms with Crippen molar-refractivity contribution in [2.24, 2.45) is 5.92 Å². The van der Waals surface area contributed by atoms with Gasteiger partial charge < -0.3 is 29.9 Å². The molecule has 218 valence electrons. The summed E-state index contributed by atoms with van der Waals surface area (Å²) >= 11 is 6.10. The molecule has 0 aromatic heterocycles. The number of nitrogens with zero attached hydrogens (tertiary/aromatic N) is 1. The lowest BCUT2D eigenvalue weighted by Crippen LogP contribution is -2.55. The van der Waals surface area contributed by atoms with Crippen molar-refractivity contribution in [3.8, 4) is 11.5 Å². The molecule has 2 aliphatic carbocycles. The zero-order valence-corrected chi connectivity index (χ0v) is 23.7. The number of amides is 2. The summed E-state index contributed by atoms with van der Waals surface area (Å²) in [5.41, 5.74) is 2.00. The first kappa shape index (κ1) is 29.1. The highest BCUT2D eigenvalue weighted by atomic mass is 35.5. The van der Waals surface area contributed by atoms with E-state index < -0.39 is 30.1 Å². The van der Waals surface area contributed by atoms with Crippen molar-refractivity contribution >= 4 is 29.7 Å². The highest BCUT2D eigenvalue weighted by Gasteiger charge is 2.51. The van der Waals surface area contributed by atoms with Crippen molar-refractivity contribution in [3.05, 3.63) is 69.8 Å². The van der Waals surface area contributed by atoms with E-state index in [-0.39, 0.29) is 37.1 Å². The highest BCUT2D eigenvalue weighted by molar-refractivity contribution is 6.30. The van der Waals surface area contributed by atoms with Crippen LogP contribution in [0.25, 0.3) is 0 Å². The molecule has 3 N–H and O–H groups in total. The minimum absolute atomic E-state index is 0.0291. The lowest BCUT2D eigenvalue weighted by Gasteiger charge is -2.41. The molecule has 1 heterocycles. The first-order valence-corrected chi connectivity index (χ1v) is 14.4. The van der Waals surface area contributed by atoms with Gasteiger partial charge in [-0.2, -0.15) is 0 Å². The minimum atomic E-state index is -1.19. The molecular formula is C31H35ClN2O7. The van der Waals surface area contributed by atoms with Crippen LogP contribution in [-0.2, 0) is 16.1 Å². The molecule has 2 aromatic rings. The first-order valence-electron chi connectivity index (χ1n) is 14.0. The fourth-order valence-corrected chi connectivity index (χ4v) is 6.41. The Balaban J connectivity index is 1.57. The number of hydrogen-bond donors (Lipinski definition) is 3. The number of hydrogen-bond acceptors (Lipinski definition) is 7. The second-order valence-electron chi connectivity index (χ2n) is 10.9. The van der Waals surface area contributed by atoms with E-state index in [1.165, 1.54) is 7.11 Å². The van der Waals surface area contributed by atoms with Gasteiger partial charge in [-0.15, -0.1) is 0 Å². The molecule has 4 atom stereocenters. The molecule has 1 saturated carbocycles. The molecule has 0 unspecified atom stereocenters. The number of carbonyl (C=O) groups excluding carboxylic acids is 3. The molecule has 1 aliphatic heterocycles. The van der Waals surface area contributed by atoms with Crippen molar-refractivity contribution in [1.29, 1.82) is 0 Å². The van der Waals surface area contributed by atoms with Crippen molar-refractivity contribution in [2.45, 2.75) is 62.8 Å². The van der Waals surface area contributed by atoms with Gasteiger partial charge in [0.1, 0.15) is 18.5 Å². The summed E-state index contributed by atoms with van der Waals surface area (Å²) in [5.74, 6) is -0.350. The zero-order chi connectivity index (χ0) is 29.1. The largest absolute Gasteiger partial charge is 0.493 e. The summed E-state index contributed by atoms with van der Waals surface area (Å²) in [6, 6.07) is 9.47. The maximum Gasteiger partial charge on any atom is 0.247 e. The van der Waals surface area contributed by atoms with Crippen LogP contribution in [0.4, 0.5) is 0 Å². The van der Waals surface area contributed by atoms with E-state index in [0.717, 1.165) is 31.2 Å². The fraction of sp³-hybridized carbons (Fsp3) is 0.452. The zero-order valence-electron chi connectivity index (χ0n) is 22.9. The molecule has 10 heteroatoms. The molecule has 2 amide bonds. The Morgan fingerprint density at radius 2 is 1.93 bits per heavy atom. The Kier molecular flexibility index (Phi) is 8.97. The highest BCUT2D eigenvalue weighted by Crippen LogP contribution is 2.51. The number of benzene rings is 2. The van der Waals surface area contributed by atoms with Gasteiger partial charge in [-0.1, -0.05) is 36.6 Å². The summed E-state index contributed by atoms with van der Waals surface area (Å²) in [6.07, 6.45) is 4.72. The van der Waals surface area contributed by atoms with Crippen LogP contribution < -0.4 is 14.8 Å². The third-order valence-electron chi connectivity index (χ3n) is 8.30. The number of carbonyl (C=O) groups is 3. The van der Waals surface area contributed by atoms with Crippen LogP contribution in [0.15, 0.2) is 48.0 Å². The fourth-order valence-electron chi connectivity index (χ4n) is 6.28. The number of aliphatic hydroxyl groups excluding tert-OH is 2. The Morgan fingerprint density at radius 1 is 1.20 bits per heavy atom. The van der Waals surface area contributed by atoms with E-state index in [4.69, 9.17) is 21.1 Å². The Morgan fingerprint density at radius 3 is 2.59 bits per heavy atom. The molecule has 5 rings (SSSR count). The maximum absolute atomic E-state index is 13.9. The molecule has 1 fully saturated rings. The van der Waals surface area contributed by atoms with Crippen LogP contribution in [0.5, 0.6) is 11.5 Å². The van der Waals surface area contributed by atoms with E-state index in [9.17, 15) is 24.6 Å². The van der Waals surface area contributed by atoms with Crippen molar-refractivity contribution in [3.63, 3.8) is 0 Å². The molecule has 41 heavy (non-hydrogen) atoms. The molecular weight excluding hydrogens is 548 g/mol. The van der Waals surface area contributed by atoms with Gasteiger partial charge in [0.05, 0.1) is 25.7 Å². The van der Waals surface area contributed by atoms with Crippen molar-refractivity contribution in [1.82, 2.24) is 10.2 Å². The SMILES string of the molecule is COc1cc(C=O)cc2c1O[C@@H]1[C@@H](O)[C@H](N(Cc3ccc(Cl)cc3)C(=O)CC3CCCC3)C=C(C(=O)NCCO)[C@H]21. The summed E-state index contributed by atoms with van der Waals surface area (Å²) in [7, 11) is 1.45. The second-order valence-corrected chi connectivity index (χ2v) is 11.3. The molecule has 0 bridgehead atoms. The third kappa shape index (κ3) is 5.98. The maximum atomic E-state index is 13.9. The summed E-state index contributed by atoms with van der Waals surface area (Å²) in [5, 5.41) is 24.4. The minimum Gasteiger partial charge on any atom is -0.493 e. The monoisotopic (exact) mass is 582 g/mol. The van der Waals surface area contributed by atoms with E-state index in [2.05, 4.69) is 5.32 Å². The van der Waals surface area contributed by atoms with E-state index in [1.54, 1.807) is 35.2 Å². The molecule has 0 radical (unpaired) electrons. The molecule has 2 aromatic carbocycles. The Bertz CT molecular complexity index is 1320. The molecule has 9 nitrogen and oxygen atoms in total.